The summed E-state index contributed by atoms with van der Waals surface area (Å²) in [4.78, 5) is 61.5. The normalized spacial score (nSPS) is 30.5. The van der Waals surface area contributed by atoms with Crippen molar-refractivity contribution >= 4 is 29.3 Å². The van der Waals surface area contributed by atoms with Crippen LogP contribution in [0.15, 0.2) is 42.2 Å². The highest BCUT2D eigenvalue weighted by molar-refractivity contribution is 5.74. The summed E-state index contributed by atoms with van der Waals surface area (Å²) in [5.74, 6) is -6.59. The number of nitrogens with zero attached hydrogens (tertiary/aromatic N) is 6. The molecule has 0 aromatic carbocycles. The highest BCUT2D eigenvalue weighted by Gasteiger charge is 2.38. The number of azo groups is 2. The third-order valence-electron chi connectivity index (χ3n) is 15.0. The zero-order chi connectivity index (χ0) is 57.5. The van der Waals surface area contributed by atoms with Crippen molar-refractivity contribution in [1.29, 1.82) is 0 Å². The first-order chi connectivity index (χ1) is 38.4. The number of hydrogen-bond donors (Lipinski definition) is 20. The fourth-order valence-corrected chi connectivity index (χ4v) is 10.9. The lowest BCUT2D eigenvalue weighted by Gasteiger charge is -2.43. The maximum atomic E-state index is 13.1. The number of aliphatic carboxylic acids is 3. The number of aromatic nitrogens is 2. The Hall–Kier alpha value is -5.53. The molecule has 3 saturated carbocycles. The molecule has 5 aliphatic rings. The molecule has 0 amide bonds. The Morgan fingerprint density at radius 1 is 0.550 bits per heavy atom. The van der Waals surface area contributed by atoms with Gasteiger partial charge < -0.3 is 45.6 Å². The van der Waals surface area contributed by atoms with Gasteiger partial charge in [0.2, 0.25) is 11.8 Å². The maximum absolute atomic E-state index is 13.1. The van der Waals surface area contributed by atoms with Gasteiger partial charge in [-0.05, 0) is 89.2 Å². The zero-order valence-corrected chi connectivity index (χ0v) is 44.9. The van der Waals surface area contributed by atoms with Crippen molar-refractivity contribution < 1.29 is 60.0 Å². The van der Waals surface area contributed by atoms with Crippen LogP contribution in [0.2, 0.25) is 0 Å². The van der Waals surface area contributed by atoms with Crippen LogP contribution in [0.4, 0.5) is 11.4 Å². The molecule has 0 spiro atoms. The van der Waals surface area contributed by atoms with E-state index in [-0.39, 0.29) is 95.0 Å². The van der Waals surface area contributed by atoms with E-state index in [9.17, 15) is 64.8 Å². The summed E-state index contributed by atoms with van der Waals surface area (Å²) in [5.41, 5.74) is -0.106. The number of pyridine rings is 2. The predicted octanol–water partition coefficient (Wildman–Crippen LogP) is -3.45. The maximum Gasteiger partial charge on any atom is 0.306 e. The molecule has 32 heteroatoms. The number of aliphatic hydroxyl groups is 3. The number of carbonyl (C=O) groups is 3. The first kappa shape index (κ1) is 62.1. The third kappa shape index (κ3) is 17.5. The number of aliphatic hydroxyl groups excluding tert-OH is 3. The Morgan fingerprint density at radius 3 is 1.29 bits per heavy atom. The molecule has 0 radical (unpaired) electrons. The average Bonchev–Trinajstić information content (AvgIpc) is 3.44. The van der Waals surface area contributed by atoms with Crippen LogP contribution in [0, 0.1) is 31.6 Å². The molecular formula is C48H80N18O14. The molecule has 20 N–H and O–H groups in total. The van der Waals surface area contributed by atoms with Crippen LogP contribution >= 0.6 is 0 Å². The van der Waals surface area contributed by atoms with Crippen molar-refractivity contribution in [3.8, 4) is 11.8 Å². The molecule has 2 saturated heterocycles. The van der Waals surface area contributed by atoms with Gasteiger partial charge >= 0.3 is 17.9 Å². The van der Waals surface area contributed by atoms with Crippen molar-refractivity contribution in [2.45, 2.75) is 159 Å². The molecule has 2 aromatic rings. The number of nitrogens with one attached hydrogen (secondary N) is 12. The Morgan fingerprint density at radius 2 is 0.912 bits per heavy atom. The molecule has 80 heavy (non-hydrogen) atoms. The Labute approximate surface area is 460 Å². The van der Waals surface area contributed by atoms with Gasteiger partial charge in [-0.15, -0.1) is 10.2 Å². The fraction of sp³-hybridized carbons (Fsp3) is 0.729. The van der Waals surface area contributed by atoms with Crippen molar-refractivity contribution in [3.05, 3.63) is 44.0 Å². The highest BCUT2D eigenvalue weighted by atomic mass is 16.6. The van der Waals surface area contributed by atoms with E-state index in [4.69, 9.17) is 4.74 Å². The van der Waals surface area contributed by atoms with Crippen LogP contribution in [0.5, 0.6) is 11.8 Å². The molecule has 7 rings (SSSR count). The summed E-state index contributed by atoms with van der Waals surface area (Å²) >= 11 is 0. The second-order valence-electron chi connectivity index (χ2n) is 20.9. The van der Waals surface area contributed by atoms with Crippen LogP contribution in [-0.2, 0) is 32.2 Å². The Balaban J connectivity index is 0.895. The van der Waals surface area contributed by atoms with Gasteiger partial charge in [0.05, 0.1) is 49.2 Å². The topological polar surface area (TPSA) is 460 Å². The second-order valence-corrected chi connectivity index (χ2v) is 20.9. The van der Waals surface area contributed by atoms with Gasteiger partial charge in [-0.1, -0.05) is 0 Å². The fourth-order valence-electron chi connectivity index (χ4n) is 10.9. The van der Waals surface area contributed by atoms with Gasteiger partial charge in [-0.25, -0.2) is 0 Å². The molecule has 3 aliphatic carbocycles. The SMILES string of the molecule is Cc1cc(=O)n(CCNC2NC(NCCO)NC(NC3CCC(NC4NC(NCCO)NC(NCCn5c(O)c(N=NC6CC(C(=O)O)CC(C(=O)O)C6)c(C)cc5=O)N4)CC3)N2)c(O)c1N=NC1CC(OCO)CC(C(=O)O)C1. The molecule has 11 unspecified atom stereocenters. The summed E-state index contributed by atoms with van der Waals surface area (Å²) in [7, 11) is 0. The molecule has 2 aliphatic heterocycles. The predicted molar refractivity (Wildman–Crippen MR) is 284 cm³/mol. The smallest absolute Gasteiger partial charge is 0.306 e. The largest absolute Gasteiger partial charge is 0.493 e. The monoisotopic (exact) mass is 1130 g/mol. The number of aryl methyl sites for hydroxylation is 2. The van der Waals surface area contributed by atoms with Crippen LogP contribution in [0.3, 0.4) is 0 Å². The van der Waals surface area contributed by atoms with E-state index in [1.807, 2.05) is 0 Å². The lowest BCUT2D eigenvalue weighted by molar-refractivity contribution is -0.148. The van der Waals surface area contributed by atoms with Gasteiger partial charge in [-0.3, -0.25) is 96.9 Å². The van der Waals surface area contributed by atoms with Crippen molar-refractivity contribution in [1.82, 2.24) is 72.9 Å². The number of carboxylic acids is 3. The molecule has 32 nitrogen and oxygen atoms in total. The van der Waals surface area contributed by atoms with Crippen LogP contribution in [-0.4, -0.2) is 182 Å². The van der Waals surface area contributed by atoms with Crippen molar-refractivity contribution in [3.63, 3.8) is 0 Å². The summed E-state index contributed by atoms with van der Waals surface area (Å²) in [6.07, 6.45) is 0.955. The summed E-state index contributed by atoms with van der Waals surface area (Å²) in [6.45, 7) is 3.52. The lowest BCUT2D eigenvalue weighted by Crippen LogP contribution is -2.78. The van der Waals surface area contributed by atoms with E-state index in [1.54, 1.807) is 13.8 Å². The van der Waals surface area contributed by atoms with E-state index in [0.29, 0.717) is 30.6 Å². The minimum absolute atomic E-state index is 0.00654. The molecule has 446 valence electrons. The van der Waals surface area contributed by atoms with E-state index < -0.39 is 121 Å². The van der Waals surface area contributed by atoms with Gasteiger partial charge in [0.15, 0.2) is 0 Å². The second kappa shape index (κ2) is 30.0. The minimum Gasteiger partial charge on any atom is -0.493 e. The Bertz CT molecular complexity index is 2550. The summed E-state index contributed by atoms with van der Waals surface area (Å²) < 4.78 is 7.60. The average molecular weight is 1130 g/mol. The first-order valence-corrected chi connectivity index (χ1v) is 27.2. The van der Waals surface area contributed by atoms with E-state index >= 15 is 0 Å². The van der Waals surface area contributed by atoms with Crippen molar-refractivity contribution in [2.24, 2.45) is 38.2 Å². The standard InChI is InChI=1S/C48H80N18O14/c1-24-15-34(70)65(38(72)36(24)63-61-31-18-26(40(74)75)17-27(19-31)41(76)77)11-7-49-43-55-45(51-9-13-67)59-47(57-43)53-29-3-5-30(6-4-29)54-48-58-44(56-46(60-48)52-10-14-68)50-8-12-66-35(71)16-25(2)37(39(66)73)64-62-32-20-28(42(78)79)21-33(22-32)80-23-69/h15-16,26-33,43-60,67-69,72-73H,3-14,17-23H2,1-2H3,(H,74,75)(H,76,77)(H,78,79). The van der Waals surface area contributed by atoms with E-state index in [0.717, 1.165) is 30.3 Å². The number of hydrogen-bond acceptors (Lipinski definition) is 27. The molecular weight excluding hydrogens is 1050 g/mol. The first-order valence-electron chi connectivity index (χ1n) is 27.2. The van der Waals surface area contributed by atoms with Crippen LogP contribution < -0.4 is 74.9 Å². The molecule has 5 fully saturated rings. The third-order valence-corrected chi connectivity index (χ3v) is 15.0. The molecule has 4 heterocycles. The van der Waals surface area contributed by atoms with E-state index in [1.165, 1.54) is 16.7 Å². The molecule has 0 bridgehead atoms. The lowest BCUT2D eigenvalue weighted by atomic mass is 9.79. The summed E-state index contributed by atoms with van der Waals surface area (Å²) in [6, 6.07) is 1.61. The number of ether oxygens (including phenoxy) is 1. The van der Waals surface area contributed by atoms with Crippen LogP contribution in [0.25, 0.3) is 0 Å². The Kier molecular flexibility index (Phi) is 23.3. The van der Waals surface area contributed by atoms with Gasteiger partial charge in [0, 0.05) is 63.5 Å². The summed E-state index contributed by atoms with van der Waals surface area (Å²) in [5, 5.41) is 138. The zero-order valence-electron chi connectivity index (χ0n) is 44.9. The van der Waals surface area contributed by atoms with Crippen molar-refractivity contribution in [2.75, 3.05) is 46.2 Å². The highest BCUT2D eigenvalue weighted by Crippen LogP contribution is 2.36. The minimum atomic E-state index is -1.11. The number of rotatable bonds is 27. The van der Waals surface area contributed by atoms with E-state index in [2.05, 4.69) is 84.3 Å². The van der Waals surface area contributed by atoms with Gasteiger partial charge in [0.1, 0.15) is 55.9 Å². The molecule has 11 atom stereocenters. The molecule has 2 aromatic heterocycles. The number of carboxylic acid groups (broad SMARTS) is 3. The number of aromatic hydroxyl groups is 2. The quantitative estimate of drug-likeness (QED) is 0.0305. The van der Waals surface area contributed by atoms with Crippen LogP contribution in [0.1, 0.15) is 75.3 Å². The van der Waals surface area contributed by atoms with Gasteiger partial charge in [-0.2, -0.15) is 10.2 Å². The van der Waals surface area contributed by atoms with Gasteiger partial charge in [0.25, 0.3) is 11.1 Å².